The Bertz CT molecular complexity index is 1930. The third-order valence-corrected chi connectivity index (χ3v) is 11.5. The number of ether oxygens (including phenoxy) is 7. The summed E-state index contributed by atoms with van der Waals surface area (Å²) in [7, 11) is 1.59. The van der Waals surface area contributed by atoms with Crippen LogP contribution < -0.4 is 10.6 Å². The van der Waals surface area contributed by atoms with Crippen molar-refractivity contribution in [2.24, 2.45) is 5.92 Å². The van der Waals surface area contributed by atoms with Crippen molar-refractivity contribution in [2.75, 3.05) is 92.8 Å². The number of hydrogen-bond acceptors (Lipinski definition) is 14. The molecule has 0 bridgehead atoms. The van der Waals surface area contributed by atoms with Crippen molar-refractivity contribution in [3.63, 3.8) is 0 Å². The van der Waals surface area contributed by atoms with Crippen LogP contribution in [0, 0.1) is 5.92 Å². The Balaban J connectivity index is 1.36. The van der Waals surface area contributed by atoms with E-state index in [4.69, 9.17) is 33.2 Å². The monoisotopic (exact) mass is 932 g/mol. The second-order valence-electron chi connectivity index (χ2n) is 18.2. The first-order valence-corrected chi connectivity index (χ1v) is 23.7. The highest BCUT2D eigenvalue weighted by atomic mass is 16.6. The van der Waals surface area contributed by atoms with Crippen LogP contribution in [0.2, 0.25) is 0 Å². The molecule has 2 amide bonds. The largest absolute Gasteiger partial charge is 0.459 e. The van der Waals surface area contributed by atoms with E-state index in [1.165, 1.54) is 0 Å². The zero-order valence-corrected chi connectivity index (χ0v) is 40.2. The maximum Gasteiger partial charge on any atom is 0.332 e. The minimum atomic E-state index is -0.823. The fraction of sp³-hybridized carbons (Fsp3) is 0.588. The topological polar surface area (TPSA) is 176 Å². The molecule has 16 heteroatoms. The van der Waals surface area contributed by atoms with E-state index >= 15 is 0 Å². The predicted octanol–water partition coefficient (Wildman–Crippen LogP) is 4.48. The quantitative estimate of drug-likeness (QED) is 0.0736. The molecular formula is C51H73N5O11. The first kappa shape index (κ1) is 53.1. The molecule has 1 aliphatic heterocycles. The summed E-state index contributed by atoms with van der Waals surface area (Å²) in [6, 6.07) is 20.1. The van der Waals surface area contributed by atoms with Crippen LogP contribution in [0.3, 0.4) is 0 Å². The van der Waals surface area contributed by atoms with E-state index in [0.717, 1.165) is 35.1 Å². The Kier molecular flexibility index (Phi) is 22.6. The van der Waals surface area contributed by atoms with Crippen molar-refractivity contribution in [2.45, 2.75) is 96.2 Å². The second kappa shape index (κ2) is 28.5. The van der Waals surface area contributed by atoms with Crippen LogP contribution in [-0.4, -0.2) is 155 Å². The summed E-state index contributed by atoms with van der Waals surface area (Å²) in [5, 5.41) is 6.43. The highest BCUT2D eigenvalue weighted by Crippen LogP contribution is 2.34. The molecule has 3 aromatic rings. The second-order valence-corrected chi connectivity index (χ2v) is 18.2. The van der Waals surface area contributed by atoms with Crippen LogP contribution in [0.25, 0.3) is 0 Å². The number of esters is 2. The minimum Gasteiger partial charge on any atom is -0.459 e. The molecule has 5 rings (SSSR count). The highest BCUT2D eigenvalue weighted by Gasteiger charge is 2.40. The lowest BCUT2D eigenvalue weighted by molar-refractivity contribution is -0.158. The molecule has 2 aliphatic rings. The number of hydrogen-bond donors (Lipinski definition) is 2. The zero-order valence-electron chi connectivity index (χ0n) is 40.2. The highest BCUT2D eigenvalue weighted by molar-refractivity contribution is 5.83. The van der Waals surface area contributed by atoms with Gasteiger partial charge in [0.15, 0.2) is 0 Å². The van der Waals surface area contributed by atoms with E-state index in [2.05, 4.69) is 32.3 Å². The van der Waals surface area contributed by atoms with Crippen LogP contribution in [0.1, 0.15) is 75.3 Å². The average molecular weight is 932 g/mol. The lowest BCUT2D eigenvalue weighted by atomic mass is 9.91. The van der Waals surface area contributed by atoms with Gasteiger partial charge in [-0.25, -0.2) is 9.59 Å². The van der Waals surface area contributed by atoms with Gasteiger partial charge in [0, 0.05) is 76.7 Å². The van der Waals surface area contributed by atoms with E-state index in [9.17, 15) is 19.2 Å². The van der Waals surface area contributed by atoms with E-state index in [1.54, 1.807) is 13.3 Å². The number of rotatable bonds is 29. The smallest absolute Gasteiger partial charge is 0.332 e. The van der Waals surface area contributed by atoms with Gasteiger partial charge in [0.05, 0.1) is 45.7 Å². The first-order chi connectivity index (χ1) is 32.4. The van der Waals surface area contributed by atoms with Gasteiger partial charge in [-0.3, -0.25) is 24.4 Å². The molecule has 5 atom stereocenters. The summed E-state index contributed by atoms with van der Waals surface area (Å²) in [6.07, 6.45) is 4.93. The zero-order chi connectivity index (χ0) is 47.9. The predicted molar refractivity (Wildman–Crippen MR) is 252 cm³/mol. The lowest BCUT2D eigenvalue weighted by Crippen LogP contribution is -2.62. The fourth-order valence-electron chi connectivity index (χ4n) is 8.28. The molecule has 0 spiro atoms. The van der Waals surface area contributed by atoms with Crippen LogP contribution in [0.4, 0.5) is 0 Å². The van der Waals surface area contributed by atoms with E-state index < -0.39 is 47.7 Å². The van der Waals surface area contributed by atoms with Gasteiger partial charge in [0.25, 0.3) is 0 Å². The summed E-state index contributed by atoms with van der Waals surface area (Å²) in [5.41, 5.74) is 3.29. The number of methoxy groups -OCH3 is 1. The minimum absolute atomic E-state index is 0.128. The molecule has 0 radical (unpaired) electrons. The molecule has 1 aromatic heterocycles. The fourth-order valence-corrected chi connectivity index (χ4v) is 8.28. The lowest BCUT2D eigenvalue weighted by Gasteiger charge is -2.42. The molecule has 16 nitrogen and oxygen atoms in total. The number of fused-ring (bicyclic) bond motifs is 1. The molecule has 0 saturated carbocycles. The molecule has 2 N–H and O–H groups in total. The van der Waals surface area contributed by atoms with Gasteiger partial charge >= 0.3 is 11.9 Å². The van der Waals surface area contributed by atoms with Crippen LogP contribution in [0.15, 0.2) is 79.1 Å². The molecule has 2 heterocycles. The number of pyridine rings is 1. The van der Waals surface area contributed by atoms with Crippen molar-refractivity contribution < 1.29 is 52.3 Å². The first-order valence-electron chi connectivity index (χ1n) is 23.7. The molecule has 5 unspecified atom stereocenters. The summed E-state index contributed by atoms with van der Waals surface area (Å²) in [6.45, 7) is 12.3. The Morgan fingerprint density at radius 1 is 0.806 bits per heavy atom. The van der Waals surface area contributed by atoms with Gasteiger partial charge in [0.1, 0.15) is 31.5 Å². The van der Waals surface area contributed by atoms with Gasteiger partial charge in [-0.05, 0) is 68.4 Å². The molecule has 1 aliphatic carbocycles. The number of nitrogens with one attached hydrogen (secondary N) is 2. The van der Waals surface area contributed by atoms with Gasteiger partial charge in [-0.1, -0.05) is 74.0 Å². The standard InChI is InChI=1S/C51H73N5O11/c1-6-7-22-62-25-27-65-37-47(58)67-45-31-40-17-11-12-18-43(40)48(45)53-49(59)41(29-38-14-9-8-10-15-38)30-42(66-46(57)36-64-28-26-63-24-23-61-5)34-56-21-20-55(33-39-16-13-19-52-32-39)35-44(56)50(60)54-51(2,3)4/h8-19,32,41-42,44-45,48H,6-7,20-31,33-37H2,1-5H3,(H,53,59)(H,54,60). The Hall–Kier alpha value is -4.81. The maximum absolute atomic E-state index is 14.9. The summed E-state index contributed by atoms with van der Waals surface area (Å²) < 4.78 is 39.5. The van der Waals surface area contributed by atoms with Crippen molar-refractivity contribution in [3.05, 3.63) is 101 Å². The third-order valence-electron chi connectivity index (χ3n) is 11.5. The van der Waals surface area contributed by atoms with Crippen molar-refractivity contribution in [1.82, 2.24) is 25.4 Å². The van der Waals surface area contributed by atoms with Gasteiger partial charge < -0.3 is 43.8 Å². The number of carbonyl (C=O) groups is 4. The summed E-state index contributed by atoms with van der Waals surface area (Å²) in [4.78, 5) is 64.3. The SMILES string of the molecule is CCCCOCCOCC(=O)OC1Cc2ccccc2C1NC(=O)C(Cc1ccccc1)CC(CN1CCN(Cc2cccnc2)CC1C(=O)NC(C)(C)C)OC(=O)COCCOCCOC. The number of amides is 2. The van der Waals surface area contributed by atoms with Gasteiger partial charge in [-0.2, -0.15) is 0 Å². The molecular weight excluding hydrogens is 859 g/mol. The van der Waals surface area contributed by atoms with Crippen LogP contribution in [0.5, 0.6) is 0 Å². The number of benzene rings is 2. The third kappa shape index (κ3) is 19.0. The maximum atomic E-state index is 14.9. The Morgan fingerprint density at radius 2 is 1.49 bits per heavy atom. The van der Waals surface area contributed by atoms with Crippen molar-refractivity contribution in [3.8, 4) is 0 Å². The molecule has 67 heavy (non-hydrogen) atoms. The van der Waals surface area contributed by atoms with Crippen LogP contribution >= 0.6 is 0 Å². The van der Waals surface area contributed by atoms with Crippen molar-refractivity contribution in [1.29, 1.82) is 0 Å². The number of piperazine rings is 1. The summed E-state index contributed by atoms with van der Waals surface area (Å²) in [5.74, 6) is -2.27. The summed E-state index contributed by atoms with van der Waals surface area (Å²) >= 11 is 0. The average Bonchev–Trinajstić information content (AvgIpc) is 3.64. The Labute approximate surface area is 396 Å². The van der Waals surface area contributed by atoms with Gasteiger partial charge in [-0.15, -0.1) is 0 Å². The number of nitrogens with zero attached hydrogens (tertiary/aromatic N) is 3. The number of carbonyl (C=O) groups excluding carboxylic acids is 4. The number of unbranched alkanes of at least 4 members (excludes halogenated alkanes) is 1. The van der Waals surface area contributed by atoms with E-state index in [-0.39, 0.29) is 57.8 Å². The Morgan fingerprint density at radius 3 is 2.21 bits per heavy atom. The number of aromatic nitrogens is 1. The molecule has 1 saturated heterocycles. The normalized spacial score (nSPS) is 18.4. The van der Waals surface area contributed by atoms with E-state index in [0.29, 0.717) is 65.4 Å². The van der Waals surface area contributed by atoms with E-state index in [1.807, 2.05) is 93.7 Å². The van der Waals surface area contributed by atoms with Crippen molar-refractivity contribution >= 4 is 23.8 Å². The molecule has 1 fully saturated rings. The molecule has 368 valence electrons. The molecule has 2 aromatic carbocycles. The van der Waals surface area contributed by atoms with Crippen LogP contribution in [-0.2, 0) is 71.7 Å². The van der Waals surface area contributed by atoms with Gasteiger partial charge in [0.2, 0.25) is 11.8 Å².